The Bertz CT molecular complexity index is 611. The van der Waals surface area contributed by atoms with Crippen LogP contribution in [0.25, 0.3) is 10.9 Å². The number of fused-ring (bicyclic) bond motifs is 1. The summed E-state index contributed by atoms with van der Waals surface area (Å²) < 4.78 is 7.03. The number of hydrogen-bond acceptors (Lipinski definition) is 3. The number of benzene rings is 1. The van der Waals surface area contributed by atoms with E-state index in [1.54, 1.807) is 13.3 Å². The Morgan fingerprint density at radius 2 is 2.15 bits per heavy atom. The Labute approximate surface area is 118 Å². The summed E-state index contributed by atoms with van der Waals surface area (Å²) in [6.07, 6.45) is 2.21. The second kappa shape index (κ2) is 5.53. The van der Waals surface area contributed by atoms with Gasteiger partial charge in [0.2, 0.25) is 5.91 Å². The predicted molar refractivity (Wildman–Crippen MR) is 78.8 cm³/mol. The standard InChI is InChI=1S/C15H21N3O2/c1-15(2,3)17-14(19)7-8-18-13-6-5-12(20-4)9-11(13)10-16-18/h5-6,9-10H,7-8H2,1-4H3,(H,17,19). The number of nitrogens with one attached hydrogen (secondary N) is 1. The van der Waals surface area contributed by atoms with Gasteiger partial charge in [0.25, 0.3) is 0 Å². The van der Waals surface area contributed by atoms with Gasteiger partial charge in [-0.2, -0.15) is 5.10 Å². The maximum absolute atomic E-state index is 11.8. The number of carbonyl (C=O) groups is 1. The van der Waals surface area contributed by atoms with E-state index in [0.29, 0.717) is 13.0 Å². The van der Waals surface area contributed by atoms with Gasteiger partial charge in [-0.3, -0.25) is 9.48 Å². The van der Waals surface area contributed by atoms with E-state index in [0.717, 1.165) is 16.7 Å². The van der Waals surface area contributed by atoms with Crippen LogP contribution in [-0.2, 0) is 11.3 Å². The summed E-state index contributed by atoms with van der Waals surface area (Å²) in [5.41, 5.74) is 0.811. The van der Waals surface area contributed by atoms with Gasteiger partial charge in [-0.1, -0.05) is 0 Å². The van der Waals surface area contributed by atoms with Gasteiger partial charge < -0.3 is 10.1 Å². The minimum Gasteiger partial charge on any atom is -0.497 e. The maximum Gasteiger partial charge on any atom is 0.222 e. The van der Waals surface area contributed by atoms with Gasteiger partial charge in [0.15, 0.2) is 0 Å². The molecule has 108 valence electrons. The molecule has 0 spiro atoms. The molecule has 0 aliphatic carbocycles. The molecule has 0 radical (unpaired) electrons. The number of aromatic nitrogens is 2. The fourth-order valence-corrected chi connectivity index (χ4v) is 2.06. The van der Waals surface area contributed by atoms with E-state index >= 15 is 0 Å². The van der Waals surface area contributed by atoms with Crippen LogP contribution in [-0.4, -0.2) is 28.3 Å². The molecule has 1 N–H and O–H groups in total. The number of carbonyl (C=O) groups excluding carboxylic acids is 1. The van der Waals surface area contributed by atoms with Gasteiger partial charge in [-0.25, -0.2) is 0 Å². The van der Waals surface area contributed by atoms with Crippen LogP contribution in [0.1, 0.15) is 27.2 Å². The lowest BCUT2D eigenvalue weighted by atomic mass is 10.1. The van der Waals surface area contributed by atoms with Crippen LogP contribution in [0, 0.1) is 0 Å². The Morgan fingerprint density at radius 1 is 1.40 bits per heavy atom. The van der Waals surface area contributed by atoms with Gasteiger partial charge in [0, 0.05) is 17.3 Å². The number of methoxy groups -OCH3 is 1. The van der Waals surface area contributed by atoms with Gasteiger partial charge in [-0.05, 0) is 39.0 Å². The van der Waals surface area contributed by atoms with Gasteiger partial charge in [0.05, 0.1) is 25.4 Å². The van der Waals surface area contributed by atoms with Crippen LogP contribution in [0.15, 0.2) is 24.4 Å². The molecule has 1 heterocycles. The van der Waals surface area contributed by atoms with E-state index in [9.17, 15) is 4.79 Å². The lowest BCUT2D eigenvalue weighted by Gasteiger charge is -2.20. The number of amides is 1. The smallest absolute Gasteiger partial charge is 0.222 e. The quantitative estimate of drug-likeness (QED) is 0.932. The van der Waals surface area contributed by atoms with Crippen molar-refractivity contribution in [3.63, 3.8) is 0 Å². The first-order valence-electron chi connectivity index (χ1n) is 6.69. The highest BCUT2D eigenvalue weighted by Crippen LogP contribution is 2.20. The Morgan fingerprint density at radius 3 is 2.80 bits per heavy atom. The van der Waals surface area contributed by atoms with Crippen LogP contribution in [0.5, 0.6) is 5.75 Å². The SMILES string of the molecule is COc1ccc2c(cnn2CCC(=O)NC(C)(C)C)c1. The molecule has 2 aromatic rings. The highest BCUT2D eigenvalue weighted by Gasteiger charge is 2.14. The summed E-state index contributed by atoms with van der Waals surface area (Å²) in [7, 11) is 1.64. The summed E-state index contributed by atoms with van der Waals surface area (Å²) in [5, 5.41) is 8.28. The lowest BCUT2D eigenvalue weighted by Crippen LogP contribution is -2.40. The van der Waals surface area contributed by atoms with Crippen molar-refractivity contribution in [2.75, 3.05) is 7.11 Å². The highest BCUT2D eigenvalue weighted by atomic mass is 16.5. The Hall–Kier alpha value is -2.04. The van der Waals surface area contributed by atoms with Crippen molar-refractivity contribution < 1.29 is 9.53 Å². The summed E-state index contributed by atoms with van der Waals surface area (Å²) in [4.78, 5) is 11.8. The normalized spacial score (nSPS) is 11.6. The van der Waals surface area contributed by atoms with Crippen molar-refractivity contribution in [2.45, 2.75) is 39.3 Å². The van der Waals surface area contributed by atoms with Crippen LogP contribution in [0.4, 0.5) is 0 Å². The minimum absolute atomic E-state index is 0.0367. The highest BCUT2D eigenvalue weighted by molar-refractivity contribution is 5.81. The van der Waals surface area contributed by atoms with Gasteiger partial charge >= 0.3 is 0 Å². The largest absolute Gasteiger partial charge is 0.497 e. The van der Waals surface area contributed by atoms with Crippen molar-refractivity contribution in [2.24, 2.45) is 0 Å². The molecule has 0 atom stereocenters. The molecule has 1 aromatic heterocycles. The molecule has 0 fully saturated rings. The average Bonchev–Trinajstić information content (AvgIpc) is 2.76. The van der Waals surface area contributed by atoms with Crippen molar-refractivity contribution in [1.29, 1.82) is 0 Å². The van der Waals surface area contributed by atoms with E-state index in [2.05, 4.69) is 10.4 Å². The van der Waals surface area contributed by atoms with E-state index in [4.69, 9.17) is 4.74 Å². The second-order valence-corrected chi connectivity index (χ2v) is 5.84. The fourth-order valence-electron chi connectivity index (χ4n) is 2.06. The first-order chi connectivity index (χ1) is 9.39. The van der Waals surface area contributed by atoms with Crippen LogP contribution < -0.4 is 10.1 Å². The van der Waals surface area contributed by atoms with Crippen molar-refractivity contribution in [3.8, 4) is 5.75 Å². The molecular weight excluding hydrogens is 254 g/mol. The summed E-state index contributed by atoms with van der Waals surface area (Å²) in [5.74, 6) is 0.845. The Kier molecular flexibility index (Phi) is 3.97. The first kappa shape index (κ1) is 14.4. The number of nitrogens with zero attached hydrogens (tertiary/aromatic N) is 2. The molecule has 5 heteroatoms. The molecule has 1 aromatic carbocycles. The first-order valence-corrected chi connectivity index (χ1v) is 6.69. The molecule has 2 rings (SSSR count). The second-order valence-electron chi connectivity index (χ2n) is 5.84. The number of aryl methyl sites for hydroxylation is 1. The Balaban J connectivity index is 2.05. The number of rotatable bonds is 4. The molecule has 0 saturated carbocycles. The molecular formula is C15H21N3O2. The van der Waals surface area contributed by atoms with Crippen molar-refractivity contribution >= 4 is 16.8 Å². The lowest BCUT2D eigenvalue weighted by molar-refractivity contribution is -0.122. The van der Waals surface area contributed by atoms with Gasteiger partial charge in [-0.15, -0.1) is 0 Å². The molecule has 20 heavy (non-hydrogen) atoms. The van der Waals surface area contributed by atoms with Crippen LogP contribution in [0.2, 0.25) is 0 Å². The van der Waals surface area contributed by atoms with Gasteiger partial charge in [0.1, 0.15) is 5.75 Å². The monoisotopic (exact) mass is 275 g/mol. The molecule has 0 saturated heterocycles. The molecule has 0 bridgehead atoms. The predicted octanol–water partition coefficient (Wildman–Crippen LogP) is 2.35. The molecule has 1 amide bonds. The summed E-state index contributed by atoms with van der Waals surface area (Å²) in [6.45, 7) is 6.49. The fraction of sp³-hybridized carbons (Fsp3) is 0.467. The minimum atomic E-state index is -0.198. The van der Waals surface area contributed by atoms with Crippen molar-refractivity contribution in [1.82, 2.24) is 15.1 Å². The topological polar surface area (TPSA) is 56.2 Å². The van der Waals surface area contributed by atoms with E-state index in [1.807, 2.05) is 43.7 Å². The number of hydrogen-bond donors (Lipinski definition) is 1. The summed E-state index contributed by atoms with van der Waals surface area (Å²) >= 11 is 0. The zero-order valence-electron chi connectivity index (χ0n) is 12.4. The summed E-state index contributed by atoms with van der Waals surface area (Å²) in [6, 6.07) is 5.80. The zero-order valence-corrected chi connectivity index (χ0v) is 12.4. The van der Waals surface area contributed by atoms with E-state index in [-0.39, 0.29) is 11.4 Å². The molecule has 0 aliphatic heterocycles. The zero-order chi connectivity index (χ0) is 14.8. The van der Waals surface area contributed by atoms with E-state index < -0.39 is 0 Å². The van der Waals surface area contributed by atoms with E-state index in [1.165, 1.54) is 0 Å². The third kappa shape index (κ3) is 3.50. The third-order valence-electron chi connectivity index (χ3n) is 2.91. The molecule has 0 aliphatic rings. The molecule has 0 unspecified atom stereocenters. The molecule has 5 nitrogen and oxygen atoms in total. The van der Waals surface area contributed by atoms with Crippen LogP contribution in [0.3, 0.4) is 0 Å². The number of ether oxygens (including phenoxy) is 1. The maximum atomic E-state index is 11.8. The van der Waals surface area contributed by atoms with Crippen molar-refractivity contribution in [3.05, 3.63) is 24.4 Å². The average molecular weight is 275 g/mol. The van der Waals surface area contributed by atoms with Crippen LogP contribution >= 0.6 is 0 Å². The third-order valence-corrected chi connectivity index (χ3v) is 2.91.